The summed E-state index contributed by atoms with van der Waals surface area (Å²) in [6.45, 7) is 2.22. The minimum atomic E-state index is -1.10. The number of amides is 1. The quantitative estimate of drug-likeness (QED) is 0.542. The van der Waals surface area contributed by atoms with Gasteiger partial charge in [0.2, 0.25) is 5.91 Å². The van der Waals surface area contributed by atoms with Gasteiger partial charge in [-0.15, -0.1) is 0 Å². The molecule has 1 aliphatic carbocycles. The molecule has 0 spiro atoms. The summed E-state index contributed by atoms with van der Waals surface area (Å²) in [6.07, 6.45) is 6.23. The van der Waals surface area contributed by atoms with Crippen LogP contribution < -0.4 is 5.32 Å². The molecule has 0 aliphatic heterocycles. The van der Waals surface area contributed by atoms with E-state index in [4.69, 9.17) is 9.84 Å². The average molecular weight is 243 g/mol. The molecule has 0 aromatic carbocycles. The number of carbonyl (C=O) groups excluding carboxylic acids is 1. The predicted octanol–water partition coefficient (Wildman–Crippen LogP) is 1.17. The Morgan fingerprint density at radius 1 is 1.35 bits per heavy atom. The van der Waals surface area contributed by atoms with Crippen LogP contribution in [-0.4, -0.2) is 36.2 Å². The second-order valence-electron chi connectivity index (χ2n) is 4.48. The van der Waals surface area contributed by atoms with Crippen molar-refractivity contribution >= 4 is 11.9 Å². The molecule has 1 fully saturated rings. The number of carboxylic acid groups (broad SMARTS) is 1. The second kappa shape index (κ2) is 7.27. The standard InChI is InChI=1S/C12H21NO4/c1-9(12(15)16)11(14)13-7-8-17-10-5-3-2-4-6-10/h9-10H,2-8H2,1H3,(H,13,14)(H,15,16). The molecule has 0 aromatic heterocycles. The third-order valence-electron chi connectivity index (χ3n) is 3.07. The van der Waals surface area contributed by atoms with Crippen LogP contribution in [0.5, 0.6) is 0 Å². The first-order chi connectivity index (χ1) is 8.11. The molecule has 2 N–H and O–H groups in total. The minimum absolute atomic E-state index is 0.317. The molecule has 1 rings (SSSR count). The highest BCUT2D eigenvalue weighted by Crippen LogP contribution is 2.19. The largest absolute Gasteiger partial charge is 0.481 e. The van der Waals surface area contributed by atoms with E-state index in [1.165, 1.54) is 26.2 Å². The summed E-state index contributed by atoms with van der Waals surface area (Å²) >= 11 is 0. The maximum absolute atomic E-state index is 11.3. The monoisotopic (exact) mass is 243 g/mol. The van der Waals surface area contributed by atoms with Crippen LogP contribution in [0.15, 0.2) is 0 Å². The number of hydrogen-bond donors (Lipinski definition) is 2. The highest BCUT2D eigenvalue weighted by Gasteiger charge is 2.20. The van der Waals surface area contributed by atoms with Gasteiger partial charge in [0, 0.05) is 6.54 Å². The molecular weight excluding hydrogens is 222 g/mol. The highest BCUT2D eigenvalue weighted by molar-refractivity contribution is 5.96. The molecule has 1 saturated carbocycles. The van der Waals surface area contributed by atoms with Gasteiger partial charge in [-0.1, -0.05) is 19.3 Å². The first kappa shape index (κ1) is 14.0. The number of aliphatic carboxylic acids is 1. The van der Waals surface area contributed by atoms with Crippen molar-refractivity contribution in [2.75, 3.05) is 13.2 Å². The Hall–Kier alpha value is -1.10. The fraction of sp³-hybridized carbons (Fsp3) is 0.833. The molecule has 98 valence electrons. The number of rotatable bonds is 6. The lowest BCUT2D eigenvalue weighted by Crippen LogP contribution is -2.36. The van der Waals surface area contributed by atoms with Crippen LogP contribution in [0.1, 0.15) is 39.0 Å². The normalized spacial score (nSPS) is 18.6. The van der Waals surface area contributed by atoms with Crippen molar-refractivity contribution in [3.05, 3.63) is 0 Å². The van der Waals surface area contributed by atoms with Gasteiger partial charge in [0.1, 0.15) is 5.92 Å². The zero-order valence-electron chi connectivity index (χ0n) is 10.3. The van der Waals surface area contributed by atoms with Crippen LogP contribution in [0.2, 0.25) is 0 Å². The van der Waals surface area contributed by atoms with E-state index in [0.29, 0.717) is 19.3 Å². The number of carboxylic acids is 1. The highest BCUT2D eigenvalue weighted by atomic mass is 16.5. The van der Waals surface area contributed by atoms with Crippen molar-refractivity contribution in [2.24, 2.45) is 5.92 Å². The molecular formula is C12H21NO4. The molecule has 5 nitrogen and oxygen atoms in total. The van der Waals surface area contributed by atoms with Crippen molar-refractivity contribution in [2.45, 2.75) is 45.1 Å². The summed E-state index contributed by atoms with van der Waals surface area (Å²) in [6, 6.07) is 0. The van der Waals surface area contributed by atoms with Crippen LogP contribution in [0.25, 0.3) is 0 Å². The smallest absolute Gasteiger partial charge is 0.315 e. The molecule has 0 radical (unpaired) electrons. The number of nitrogens with one attached hydrogen (secondary N) is 1. The van der Waals surface area contributed by atoms with Crippen LogP contribution in [0.4, 0.5) is 0 Å². The summed E-state index contributed by atoms with van der Waals surface area (Å²) in [5.74, 6) is -2.55. The van der Waals surface area contributed by atoms with Crippen molar-refractivity contribution in [1.82, 2.24) is 5.32 Å². The molecule has 0 bridgehead atoms. The van der Waals surface area contributed by atoms with Gasteiger partial charge in [-0.05, 0) is 19.8 Å². The third kappa shape index (κ3) is 5.17. The fourth-order valence-corrected chi connectivity index (χ4v) is 1.90. The van der Waals surface area contributed by atoms with Crippen LogP contribution in [0, 0.1) is 5.92 Å². The topological polar surface area (TPSA) is 75.6 Å². The Kier molecular flexibility index (Phi) is 5.97. The minimum Gasteiger partial charge on any atom is -0.481 e. The molecule has 5 heteroatoms. The Labute approximate surface area is 102 Å². The van der Waals surface area contributed by atoms with Gasteiger partial charge < -0.3 is 15.2 Å². The average Bonchev–Trinajstić information content (AvgIpc) is 2.34. The van der Waals surface area contributed by atoms with Crippen molar-refractivity contribution in [3.8, 4) is 0 Å². The van der Waals surface area contributed by atoms with E-state index < -0.39 is 17.8 Å². The van der Waals surface area contributed by atoms with E-state index in [0.717, 1.165) is 12.8 Å². The summed E-state index contributed by atoms with van der Waals surface area (Å²) in [7, 11) is 0. The maximum Gasteiger partial charge on any atom is 0.315 e. The molecule has 0 saturated heterocycles. The molecule has 0 heterocycles. The van der Waals surface area contributed by atoms with Crippen molar-refractivity contribution < 1.29 is 19.4 Å². The van der Waals surface area contributed by atoms with Gasteiger partial charge in [-0.2, -0.15) is 0 Å². The molecule has 1 atom stereocenters. The van der Waals surface area contributed by atoms with Crippen LogP contribution in [0.3, 0.4) is 0 Å². The van der Waals surface area contributed by atoms with Crippen molar-refractivity contribution in [1.29, 1.82) is 0 Å². The van der Waals surface area contributed by atoms with E-state index in [1.54, 1.807) is 0 Å². The first-order valence-corrected chi connectivity index (χ1v) is 6.23. The van der Waals surface area contributed by atoms with Gasteiger partial charge in [-0.25, -0.2) is 0 Å². The summed E-state index contributed by atoms with van der Waals surface area (Å²) in [4.78, 5) is 21.8. The van der Waals surface area contributed by atoms with Gasteiger partial charge in [0.15, 0.2) is 0 Å². The summed E-state index contributed by atoms with van der Waals surface area (Å²) in [5.41, 5.74) is 0. The lowest BCUT2D eigenvalue weighted by atomic mass is 9.98. The van der Waals surface area contributed by atoms with E-state index in [-0.39, 0.29) is 0 Å². The van der Waals surface area contributed by atoms with Gasteiger partial charge in [-0.3, -0.25) is 9.59 Å². The predicted molar refractivity (Wildman–Crippen MR) is 62.6 cm³/mol. The first-order valence-electron chi connectivity index (χ1n) is 6.23. The summed E-state index contributed by atoms with van der Waals surface area (Å²) in [5, 5.41) is 11.2. The Bertz CT molecular complexity index is 261. The maximum atomic E-state index is 11.3. The number of hydrogen-bond acceptors (Lipinski definition) is 3. The Balaban J connectivity index is 2.07. The molecule has 1 unspecified atom stereocenters. The molecule has 1 aliphatic rings. The van der Waals surface area contributed by atoms with Crippen LogP contribution in [-0.2, 0) is 14.3 Å². The number of carbonyl (C=O) groups is 2. The molecule has 1 amide bonds. The second-order valence-corrected chi connectivity index (χ2v) is 4.48. The van der Waals surface area contributed by atoms with Crippen molar-refractivity contribution in [3.63, 3.8) is 0 Å². The van der Waals surface area contributed by atoms with Gasteiger partial charge >= 0.3 is 5.97 Å². The van der Waals surface area contributed by atoms with E-state index >= 15 is 0 Å². The fourth-order valence-electron chi connectivity index (χ4n) is 1.90. The van der Waals surface area contributed by atoms with E-state index in [1.807, 2.05) is 0 Å². The summed E-state index contributed by atoms with van der Waals surface area (Å²) < 4.78 is 5.61. The zero-order chi connectivity index (χ0) is 12.7. The zero-order valence-corrected chi connectivity index (χ0v) is 10.3. The molecule has 0 aromatic rings. The Morgan fingerprint density at radius 3 is 2.59 bits per heavy atom. The van der Waals surface area contributed by atoms with E-state index in [9.17, 15) is 9.59 Å². The number of ether oxygens (including phenoxy) is 1. The van der Waals surface area contributed by atoms with Crippen LogP contribution >= 0.6 is 0 Å². The molecule has 17 heavy (non-hydrogen) atoms. The lowest BCUT2D eigenvalue weighted by molar-refractivity contribution is -0.146. The SMILES string of the molecule is CC(C(=O)O)C(=O)NCCOC1CCCCC1. The Morgan fingerprint density at radius 2 is 2.00 bits per heavy atom. The van der Waals surface area contributed by atoms with E-state index in [2.05, 4.69) is 5.32 Å². The lowest BCUT2D eigenvalue weighted by Gasteiger charge is -2.22. The van der Waals surface area contributed by atoms with Gasteiger partial charge in [0.05, 0.1) is 12.7 Å². The van der Waals surface area contributed by atoms with Gasteiger partial charge in [0.25, 0.3) is 0 Å². The third-order valence-corrected chi connectivity index (χ3v) is 3.07.